The molecule has 0 bridgehead atoms. The van der Waals surface area contributed by atoms with E-state index in [1.165, 1.54) is 16.7 Å². The lowest BCUT2D eigenvalue weighted by molar-refractivity contribution is 0.220. The maximum atomic E-state index is 10.7. The number of benzene rings is 4. The summed E-state index contributed by atoms with van der Waals surface area (Å²) in [4.78, 5) is 0. The molecule has 0 saturated heterocycles. The molecule has 0 fully saturated rings. The van der Waals surface area contributed by atoms with Crippen molar-refractivity contribution in [3.63, 3.8) is 0 Å². The zero-order valence-corrected chi connectivity index (χ0v) is 15.1. The van der Waals surface area contributed by atoms with Crippen LogP contribution in [0.5, 0.6) is 0 Å². The van der Waals surface area contributed by atoms with Crippen LogP contribution in [0.3, 0.4) is 0 Å². The normalized spacial score (nSPS) is 12.1. The fourth-order valence-corrected chi connectivity index (χ4v) is 3.57. The van der Waals surface area contributed by atoms with Crippen LogP contribution >= 0.6 is 0 Å². The molecule has 4 aromatic rings. The highest BCUT2D eigenvalue weighted by atomic mass is 16.3. The van der Waals surface area contributed by atoms with E-state index < -0.39 is 6.10 Å². The van der Waals surface area contributed by atoms with Crippen LogP contribution in [-0.2, 0) is 0 Å². The van der Waals surface area contributed by atoms with Gasteiger partial charge in [0.25, 0.3) is 0 Å². The Bertz CT molecular complexity index is 921. The Morgan fingerprint density at radius 2 is 0.667 bits per heavy atom. The van der Waals surface area contributed by atoms with Crippen molar-refractivity contribution in [1.82, 2.24) is 0 Å². The van der Waals surface area contributed by atoms with Gasteiger partial charge in [-0.2, -0.15) is 0 Å². The van der Waals surface area contributed by atoms with Crippen molar-refractivity contribution in [2.75, 3.05) is 0 Å². The van der Waals surface area contributed by atoms with Crippen molar-refractivity contribution < 1.29 is 5.11 Å². The molecule has 0 aliphatic heterocycles. The van der Waals surface area contributed by atoms with E-state index in [1.54, 1.807) is 0 Å². The summed E-state index contributed by atoms with van der Waals surface area (Å²) in [6.45, 7) is 0. The minimum atomic E-state index is -0.604. The molecule has 0 saturated carbocycles. The topological polar surface area (TPSA) is 20.2 Å². The van der Waals surface area contributed by atoms with Gasteiger partial charge in [0.1, 0.15) is 6.10 Å². The number of rotatable bonds is 5. The molecule has 27 heavy (non-hydrogen) atoms. The van der Waals surface area contributed by atoms with Crippen molar-refractivity contribution >= 4 is 0 Å². The molecule has 1 atom stereocenters. The fourth-order valence-electron chi connectivity index (χ4n) is 3.57. The van der Waals surface area contributed by atoms with Gasteiger partial charge in [0.2, 0.25) is 0 Å². The molecule has 0 heterocycles. The largest absolute Gasteiger partial charge is 0.384 e. The summed E-state index contributed by atoms with van der Waals surface area (Å²) in [5.74, 6) is 0.176. The molecular formula is C26H22O. The monoisotopic (exact) mass is 350 g/mol. The Morgan fingerprint density at radius 3 is 1.11 bits per heavy atom. The van der Waals surface area contributed by atoms with Gasteiger partial charge in [0.05, 0.1) is 0 Å². The minimum Gasteiger partial charge on any atom is -0.384 e. The quantitative estimate of drug-likeness (QED) is 0.441. The Kier molecular flexibility index (Phi) is 5.13. The first kappa shape index (κ1) is 17.3. The molecule has 1 heteroatoms. The van der Waals surface area contributed by atoms with Crippen LogP contribution in [-0.4, -0.2) is 5.11 Å². The molecule has 0 amide bonds. The first-order valence-corrected chi connectivity index (χ1v) is 9.25. The summed E-state index contributed by atoms with van der Waals surface area (Å²) in [5.41, 5.74) is 5.56. The lowest BCUT2D eigenvalue weighted by Gasteiger charge is -2.20. The van der Waals surface area contributed by atoms with Crippen LogP contribution in [0.1, 0.15) is 39.8 Å². The molecule has 0 radical (unpaired) electrons. The summed E-state index contributed by atoms with van der Waals surface area (Å²) < 4.78 is 0. The van der Waals surface area contributed by atoms with Crippen molar-refractivity contribution in [3.8, 4) is 0 Å². The SMILES string of the molecule is OC(c1ccccc1)c1ccc(C(c2ccccc2)c2ccccc2)cc1. The van der Waals surface area contributed by atoms with Crippen LogP contribution in [0.15, 0.2) is 115 Å². The van der Waals surface area contributed by atoms with Crippen molar-refractivity contribution in [3.05, 3.63) is 143 Å². The van der Waals surface area contributed by atoms with Gasteiger partial charge in [0.15, 0.2) is 0 Å². The predicted octanol–water partition coefficient (Wildman–Crippen LogP) is 5.95. The van der Waals surface area contributed by atoms with E-state index in [0.29, 0.717) is 0 Å². The second-order valence-electron chi connectivity index (χ2n) is 6.73. The number of aliphatic hydroxyl groups is 1. The first-order valence-electron chi connectivity index (χ1n) is 9.25. The molecule has 0 aliphatic carbocycles. The molecule has 0 aliphatic rings. The van der Waals surface area contributed by atoms with E-state index in [0.717, 1.165) is 11.1 Å². The Labute approximate surface area is 160 Å². The summed E-state index contributed by atoms with van der Waals surface area (Å²) in [6, 6.07) is 39.2. The highest BCUT2D eigenvalue weighted by Gasteiger charge is 2.17. The van der Waals surface area contributed by atoms with E-state index in [-0.39, 0.29) is 5.92 Å². The fraction of sp³-hybridized carbons (Fsp3) is 0.0769. The number of hydrogen-bond donors (Lipinski definition) is 1. The zero-order valence-electron chi connectivity index (χ0n) is 15.1. The van der Waals surface area contributed by atoms with Crippen LogP contribution in [0.25, 0.3) is 0 Å². The highest BCUT2D eigenvalue weighted by molar-refractivity contribution is 5.44. The van der Waals surface area contributed by atoms with Crippen molar-refractivity contribution in [2.45, 2.75) is 12.0 Å². The average molecular weight is 350 g/mol. The number of hydrogen-bond acceptors (Lipinski definition) is 1. The van der Waals surface area contributed by atoms with Crippen molar-refractivity contribution in [2.24, 2.45) is 0 Å². The molecule has 0 aromatic heterocycles. The molecular weight excluding hydrogens is 328 g/mol. The van der Waals surface area contributed by atoms with E-state index in [4.69, 9.17) is 0 Å². The van der Waals surface area contributed by atoms with E-state index in [2.05, 4.69) is 60.7 Å². The van der Waals surface area contributed by atoms with Gasteiger partial charge < -0.3 is 5.11 Å². The molecule has 1 nitrogen and oxygen atoms in total. The molecule has 4 rings (SSSR count). The summed E-state index contributed by atoms with van der Waals surface area (Å²) in [6.07, 6.45) is -0.604. The second-order valence-corrected chi connectivity index (χ2v) is 6.73. The predicted molar refractivity (Wildman–Crippen MR) is 111 cm³/mol. The third kappa shape index (κ3) is 3.84. The Balaban J connectivity index is 1.69. The first-order chi connectivity index (χ1) is 13.3. The van der Waals surface area contributed by atoms with E-state index in [1.807, 2.05) is 54.6 Å². The van der Waals surface area contributed by atoms with Gasteiger partial charge in [-0.1, -0.05) is 115 Å². The van der Waals surface area contributed by atoms with Gasteiger partial charge in [-0.05, 0) is 27.8 Å². The molecule has 0 spiro atoms. The molecule has 1 N–H and O–H groups in total. The minimum absolute atomic E-state index is 0.176. The third-order valence-electron chi connectivity index (χ3n) is 4.97. The third-order valence-corrected chi connectivity index (χ3v) is 4.97. The summed E-state index contributed by atoms with van der Waals surface area (Å²) in [7, 11) is 0. The van der Waals surface area contributed by atoms with Crippen molar-refractivity contribution in [1.29, 1.82) is 0 Å². The van der Waals surface area contributed by atoms with Crippen LogP contribution in [0, 0.1) is 0 Å². The Hall–Kier alpha value is -3.16. The van der Waals surface area contributed by atoms with Crippen LogP contribution < -0.4 is 0 Å². The maximum Gasteiger partial charge on any atom is 0.104 e. The lowest BCUT2D eigenvalue weighted by atomic mass is 9.84. The molecule has 1 unspecified atom stereocenters. The average Bonchev–Trinajstić information content (AvgIpc) is 2.76. The molecule has 132 valence electrons. The van der Waals surface area contributed by atoms with Gasteiger partial charge in [-0.25, -0.2) is 0 Å². The highest BCUT2D eigenvalue weighted by Crippen LogP contribution is 2.33. The van der Waals surface area contributed by atoms with Gasteiger partial charge >= 0.3 is 0 Å². The van der Waals surface area contributed by atoms with Crippen LogP contribution in [0.2, 0.25) is 0 Å². The second kappa shape index (κ2) is 8.03. The van der Waals surface area contributed by atoms with Gasteiger partial charge in [-0.3, -0.25) is 0 Å². The summed E-state index contributed by atoms with van der Waals surface area (Å²) >= 11 is 0. The summed E-state index contributed by atoms with van der Waals surface area (Å²) in [5, 5.41) is 10.7. The van der Waals surface area contributed by atoms with Gasteiger partial charge in [0, 0.05) is 5.92 Å². The zero-order chi connectivity index (χ0) is 18.5. The van der Waals surface area contributed by atoms with Crippen LogP contribution in [0.4, 0.5) is 0 Å². The Morgan fingerprint density at radius 1 is 0.370 bits per heavy atom. The lowest BCUT2D eigenvalue weighted by Crippen LogP contribution is -2.04. The number of aliphatic hydroxyl groups excluding tert-OH is 1. The van der Waals surface area contributed by atoms with E-state index in [9.17, 15) is 5.11 Å². The van der Waals surface area contributed by atoms with E-state index >= 15 is 0 Å². The standard InChI is InChI=1S/C26H22O/c27-26(23-14-8-3-9-15-23)24-18-16-22(17-19-24)25(20-10-4-1-5-11-20)21-12-6-2-7-13-21/h1-19,25-27H. The van der Waals surface area contributed by atoms with Gasteiger partial charge in [-0.15, -0.1) is 0 Å². The maximum absolute atomic E-state index is 10.7. The molecule has 4 aromatic carbocycles. The smallest absolute Gasteiger partial charge is 0.104 e.